The Morgan fingerprint density at radius 2 is 1.79 bits per heavy atom. The number of methoxy groups -OCH3 is 1. The van der Waals surface area contributed by atoms with Crippen LogP contribution in [0.2, 0.25) is 10.0 Å². The molecule has 1 aromatic heterocycles. The molecule has 29 heavy (non-hydrogen) atoms. The molecule has 0 atom stereocenters. The van der Waals surface area contributed by atoms with Crippen molar-refractivity contribution in [3.63, 3.8) is 0 Å². The molecule has 0 bridgehead atoms. The lowest BCUT2D eigenvalue weighted by Gasteiger charge is -2.19. The van der Waals surface area contributed by atoms with E-state index in [1.54, 1.807) is 13.2 Å². The van der Waals surface area contributed by atoms with E-state index in [1.807, 2.05) is 24.3 Å². The van der Waals surface area contributed by atoms with Gasteiger partial charge in [-0.1, -0.05) is 68.2 Å². The fraction of sp³-hybridized carbons (Fsp3) is 0.304. The summed E-state index contributed by atoms with van der Waals surface area (Å²) < 4.78 is 5.31. The van der Waals surface area contributed by atoms with Crippen molar-refractivity contribution in [2.75, 3.05) is 19.0 Å². The molecule has 0 unspecified atom stereocenters. The lowest BCUT2D eigenvalue weighted by molar-refractivity contribution is 0.381. The minimum atomic E-state index is 0.0616. The van der Waals surface area contributed by atoms with Crippen LogP contribution in [-0.4, -0.2) is 23.6 Å². The molecule has 0 spiro atoms. The fourth-order valence-electron chi connectivity index (χ4n) is 2.95. The summed E-state index contributed by atoms with van der Waals surface area (Å²) in [4.78, 5) is 8.94. The molecule has 0 aliphatic carbocycles. The van der Waals surface area contributed by atoms with Gasteiger partial charge < -0.3 is 10.1 Å². The second-order valence-electron chi connectivity index (χ2n) is 7.87. The molecule has 0 radical (unpaired) electrons. The molecule has 1 N–H and O–H groups in total. The molecule has 0 aliphatic heterocycles. The smallest absolute Gasteiger partial charge is 0.318 e. The van der Waals surface area contributed by atoms with E-state index in [4.69, 9.17) is 27.9 Å². The van der Waals surface area contributed by atoms with Gasteiger partial charge in [-0.05, 0) is 41.2 Å². The Labute approximate surface area is 182 Å². The number of benzene rings is 2. The maximum Gasteiger partial charge on any atom is 0.318 e. The van der Waals surface area contributed by atoms with Crippen LogP contribution in [0.1, 0.15) is 31.9 Å². The first-order valence-corrected chi connectivity index (χ1v) is 10.2. The Morgan fingerprint density at radius 3 is 2.48 bits per heavy atom. The van der Waals surface area contributed by atoms with Crippen molar-refractivity contribution in [2.24, 2.45) is 0 Å². The molecule has 0 fully saturated rings. The topological polar surface area (TPSA) is 47.0 Å². The van der Waals surface area contributed by atoms with Crippen molar-refractivity contribution in [3.8, 4) is 17.3 Å². The van der Waals surface area contributed by atoms with Gasteiger partial charge in [-0.2, -0.15) is 9.97 Å². The van der Waals surface area contributed by atoms with Crippen LogP contribution in [0.3, 0.4) is 0 Å². The Morgan fingerprint density at radius 1 is 1.00 bits per heavy atom. The quantitative estimate of drug-likeness (QED) is 0.491. The number of nitrogens with zero attached hydrogens (tertiary/aromatic N) is 2. The zero-order valence-corrected chi connectivity index (χ0v) is 18.6. The predicted molar refractivity (Wildman–Crippen MR) is 121 cm³/mol. The van der Waals surface area contributed by atoms with Crippen molar-refractivity contribution < 1.29 is 4.74 Å². The number of aromatic nitrogens is 2. The highest BCUT2D eigenvalue weighted by molar-refractivity contribution is 6.35. The van der Waals surface area contributed by atoms with Gasteiger partial charge in [0.25, 0.3) is 0 Å². The molecule has 3 aromatic rings. The number of ether oxygens (including phenoxy) is 1. The lowest BCUT2D eigenvalue weighted by atomic mass is 9.86. The summed E-state index contributed by atoms with van der Waals surface area (Å²) in [6.07, 6.45) is 0.747. The standard InChI is InChI=1S/C23H25Cl2N3O/c1-23(2,3)17-7-5-6-16(12-17)20-14-21(28-22(27-20)29-4)26-11-10-15-8-9-18(24)13-19(15)25/h5-9,12-14H,10-11H2,1-4H3,(H,26,27,28). The minimum Gasteiger partial charge on any atom is -0.467 e. The predicted octanol–water partition coefficient (Wildman–Crippen LogP) is 6.41. The minimum absolute atomic E-state index is 0.0616. The van der Waals surface area contributed by atoms with Crippen molar-refractivity contribution in [1.82, 2.24) is 9.97 Å². The largest absolute Gasteiger partial charge is 0.467 e. The third kappa shape index (κ3) is 5.62. The summed E-state index contributed by atoms with van der Waals surface area (Å²) in [6.45, 7) is 7.26. The average Bonchev–Trinajstić information content (AvgIpc) is 2.69. The van der Waals surface area contributed by atoms with E-state index < -0.39 is 0 Å². The summed E-state index contributed by atoms with van der Waals surface area (Å²) in [5.74, 6) is 0.707. The molecule has 4 nitrogen and oxygen atoms in total. The molecule has 152 valence electrons. The normalized spacial score (nSPS) is 11.4. The molecule has 3 rings (SSSR count). The highest BCUT2D eigenvalue weighted by Gasteiger charge is 2.15. The van der Waals surface area contributed by atoms with Gasteiger partial charge in [0.2, 0.25) is 0 Å². The van der Waals surface area contributed by atoms with Gasteiger partial charge in [0.1, 0.15) is 5.82 Å². The van der Waals surface area contributed by atoms with Gasteiger partial charge in [0.05, 0.1) is 12.8 Å². The monoisotopic (exact) mass is 429 g/mol. The van der Waals surface area contributed by atoms with Crippen LogP contribution >= 0.6 is 23.2 Å². The van der Waals surface area contributed by atoms with Gasteiger partial charge >= 0.3 is 6.01 Å². The fourth-order valence-corrected chi connectivity index (χ4v) is 3.45. The summed E-state index contributed by atoms with van der Waals surface area (Å²) in [5, 5.41) is 4.64. The Balaban J connectivity index is 1.80. The number of rotatable bonds is 6. The zero-order chi connectivity index (χ0) is 21.0. The van der Waals surface area contributed by atoms with E-state index in [9.17, 15) is 0 Å². The third-order valence-electron chi connectivity index (χ3n) is 4.63. The summed E-state index contributed by atoms with van der Waals surface area (Å²) in [5.41, 5.74) is 4.19. The van der Waals surface area contributed by atoms with Gasteiger partial charge in [-0.25, -0.2) is 0 Å². The molecule has 0 saturated heterocycles. The SMILES string of the molecule is COc1nc(NCCc2ccc(Cl)cc2Cl)cc(-c2cccc(C(C)(C)C)c2)n1. The first kappa shape index (κ1) is 21.4. The Hall–Kier alpha value is -2.30. The Bertz CT molecular complexity index is 1000. The molecule has 6 heteroatoms. The molecule has 0 saturated carbocycles. The molecule has 0 aliphatic rings. The van der Waals surface area contributed by atoms with Gasteiger partial charge in [-0.15, -0.1) is 0 Å². The number of nitrogens with one attached hydrogen (secondary N) is 1. The molecular formula is C23H25Cl2N3O. The van der Waals surface area contributed by atoms with Crippen molar-refractivity contribution in [2.45, 2.75) is 32.6 Å². The van der Waals surface area contributed by atoms with Crippen LogP contribution in [0, 0.1) is 0 Å². The van der Waals surface area contributed by atoms with Crippen molar-refractivity contribution in [1.29, 1.82) is 0 Å². The summed E-state index contributed by atoms with van der Waals surface area (Å²) in [6, 6.07) is 16.2. The maximum absolute atomic E-state index is 6.26. The highest BCUT2D eigenvalue weighted by Crippen LogP contribution is 2.28. The zero-order valence-electron chi connectivity index (χ0n) is 17.1. The number of anilines is 1. The first-order chi connectivity index (χ1) is 13.8. The average molecular weight is 430 g/mol. The van der Waals surface area contributed by atoms with E-state index in [1.165, 1.54) is 5.56 Å². The number of hydrogen-bond donors (Lipinski definition) is 1. The van der Waals surface area contributed by atoms with Gasteiger partial charge in [-0.3, -0.25) is 0 Å². The van der Waals surface area contributed by atoms with E-state index in [0.29, 0.717) is 28.4 Å². The first-order valence-electron chi connectivity index (χ1n) is 9.48. The summed E-state index contributed by atoms with van der Waals surface area (Å²) >= 11 is 12.2. The van der Waals surface area contributed by atoms with E-state index >= 15 is 0 Å². The van der Waals surface area contributed by atoms with Crippen LogP contribution in [0.4, 0.5) is 5.82 Å². The highest BCUT2D eigenvalue weighted by atomic mass is 35.5. The second kappa shape index (κ2) is 9.02. The van der Waals surface area contributed by atoms with Crippen molar-refractivity contribution >= 4 is 29.0 Å². The van der Waals surface area contributed by atoms with Crippen molar-refractivity contribution in [3.05, 3.63) is 69.7 Å². The molecular weight excluding hydrogens is 405 g/mol. The number of hydrogen-bond acceptors (Lipinski definition) is 4. The molecule has 2 aromatic carbocycles. The van der Waals surface area contributed by atoms with Crippen LogP contribution in [0.5, 0.6) is 6.01 Å². The van der Waals surface area contributed by atoms with E-state index in [-0.39, 0.29) is 5.41 Å². The van der Waals surface area contributed by atoms with Gasteiger partial charge in [0, 0.05) is 28.2 Å². The van der Waals surface area contributed by atoms with Gasteiger partial charge in [0.15, 0.2) is 0 Å². The van der Waals surface area contributed by atoms with Crippen LogP contribution in [0.15, 0.2) is 48.5 Å². The van der Waals surface area contributed by atoms with Crippen LogP contribution < -0.4 is 10.1 Å². The van der Waals surface area contributed by atoms with E-state index in [2.05, 4.69) is 54.3 Å². The second-order valence-corrected chi connectivity index (χ2v) is 8.71. The summed E-state index contributed by atoms with van der Waals surface area (Å²) in [7, 11) is 1.57. The maximum atomic E-state index is 6.26. The third-order valence-corrected chi connectivity index (χ3v) is 5.22. The van der Waals surface area contributed by atoms with Crippen LogP contribution in [0.25, 0.3) is 11.3 Å². The van der Waals surface area contributed by atoms with E-state index in [0.717, 1.165) is 23.2 Å². The molecule has 0 amide bonds. The number of halogens is 2. The molecule has 1 heterocycles. The Kier molecular flexibility index (Phi) is 6.66. The van der Waals surface area contributed by atoms with Crippen LogP contribution in [-0.2, 0) is 11.8 Å². The lowest BCUT2D eigenvalue weighted by Crippen LogP contribution is -2.11.